The van der Waals surface area contributed by atoms with Gasteiger partial charge >= 0.3 is 0 Å². The Hall–Kier alpha value is -0.710. The van der Waals surface area contributed by atoms with E-state index in [0.29, 0.717) is 12.5 Å². The van der Waals surface area contributed by atoms with Crippen LogP contribution >= 0.6 is 23.4 Å². The number of nitrogens with one attached hydrogen (secondary N) is 2. The van der Waals surface area contributed by atoms with Crippen molar-refractivity contribution >= 4 is 29.3 Å². The third kappa shape index (κ3) is 3.90. The number of thioether (sulfide) groups is 1. The van der Waals surface area contributed by atoms with E-state index in [9.17, 15) is 4.79 Å². The van der Waals surface area contributed by atoms with Crippen molar-refractivity contribution in [3.63, 3.8) is 0 Å². The summed E-state index contributed by atoms with van der Waals surface area (Å²) in [4.78, 5) is 11.5. The van der Waals surface area contributed by atoms with Crippen LogP contribution in [0.2, 0.25) is 5.02 Å². The van der Waals surface area contributed by atoms with Gasteiger partial charge in [0.25, 0.3) is 0 Å². The first-order valence-corrected chi connectivity index (χ1v) is 7.51. The number of halogens is 1. The van der Waals surface area contributed by atoms with Crippen LogP contribution in [-0.4, -0.2) is 17.4 Å². The first kappa shape index (κ1) is 13.7. The maximum Gasteiger partial charge on any atom is 0.223 e. The maximum absolute atomic E-state index is 11.5. The first-order valence-electron chi connectivity index (χ1n) is 6.09. The van der Waals surface area contributed by atoms with Crippen LogP contribution in [0.15, 0.2) is 24.3 Å². The van der Waals surface area contributed by atoms with E-state index in [1.165, 1.54) is 5.56 Å². The van der Waals surface area contributed by atoms with E-state index in [1.807, 2.05) is 24.3 Å². The van der Waals surface area contributed by atoms with Crippen LogP contribution in [0.1, 0.15) is 25.3 Å². The Labute approximate surface area is 117 Å². The summed E-state index contributed by atoms with van der Waals surface area (Å²) in [6.45, 7) is 2.09. The lowest BCUT2D eigenvalue weighted by molar-refractivity contribution is -0.123. The molecule has 0 aliphatic carbocycles. The van der Waals surface area contributed by atoms with Crippen LogP contribution in [0.5, 0.6) is 0 Å². The van der Waals surface area contributed by atoms with E-state index < -0.39 is 0 Å². The van der Waals surface area contributed by atoms with Crippen LogP contribution in [0.4, 0.5) is 0 Å². The Balaban J connectivity index is 1.85. The van der Waals surface area contributed by atoms with Crippen molar-refractivity contribution in [3.8, 4) is 0 Å². The van der Waals surface area contributed by atoms with Crippen molar-refractivity contribution in [1.29, 1.82) is 0 Å². The number of amides is 1. The summed E-state index contributed by atoms with van der Waals surface area (Å²) in [5.41, 5.74) is 1.21. The third-order valence-corrected chi connectivity index (χ3v) is 4.27. The molecule has 1 heterocycles. The summed E-state index contributed by atoms with van der Waals surface area (Å²) in [6.07, 6.45) is 1.56. The van der Waals surface area contributed by atoms with Crippen molar-refractivity contribution in [3.05, 3.63) is 34.9 Å². The molecule has 2 N–H and O–H groups in total. The zero-order valence-corrected chi connectivity index (χ0v) is 11.9. The summed E-state index contributed by atoms with van der Waals surface area (Å²) in [6, 6.07) is 8.09. The fraction of sp³-hybridized carbons (Fsp3) is 0.462. The highest BCUT2D eigenvalue weighted by atomic mass is 35.5. The molecule has 1 aliphatic heterocycles. The second kappa shape index (κ2) is 6.45. The van der Waals surface area contributed by atoms with Gasteiger partial charge in [-0.1, -0.05) is 30.7 Å². The minimum atomic E-state index is 0.00637. The molecule has 1 amide bonds. The smallest absolute Gasteiger partial charge is 0.223 e. The van der Waals surface area contributed by atoms with Gasteiger partial charge in [0.05, 0.1) is 0 Å². The normalized spacial score (nSPS) is 23.8. The Morgan fingerprint density at radius 2 is 2.11 bits per heavy atom. The van der Waals surface area contributed by atoms with Gasteiger partial charge in [-0.05, 0) is 24.1 Å². The standard InChI is InChI=1S/C13H17ClN2OS/c1-2-11-7-12(17)16-13(15-11)18-8-9-3-5-10(14)6-4-9/h3-6,11,13,15H,2,7-8H2,1H3,(H,16,17). The lowest BCUT2D eigenvalue weighted by Crippen LogP contribution is -2.54. The molecule has 5 heteroatoms. The van der Waals surface area contributed by atoms with Crippen LogP contribution < -0.4 is 10.6 Å². The van der Waals surface area contributed by atoms with Crippen LogP contribution in [0, 0.1) is 0 Å². The number of carbonyl (C=O) groups is 1. The number of benzene rings is 1. The Kier molecular flexibility index (Phi) is 4.92. The highest BCUT2D eigenvalue weighted by molar-refractivity contribution is 7.99. The molecule has 0 saturated carbocycles. The molecular formula is C13H17ClN2OS. The highest BCUT2D eigenvalue weighted by Crippen LogP contribution is 2.20. The molecule has 0 spiro atoms. The molecule has 2 unspecified atom stereocenters. The van der Waals surface area contributed by atoms with Crippen molar-refractivity contribution in [2.24, 2.45) is 0 Å². The Bertz CT molecular complexity index is 410. The molecule has 3 nitrogen and oxygen atoms in total. The molecule has 18 heavy (non-hydrogen) atoms. The van der Waals surface area contributed by atoms with E-state index in [-0.39, 0.29) is 11.4 Å². The molecule has 1 aromatic rings. The summed E-state index contributed by atoms with van der Waals surface area (Å²) >= 11 is 7.53. The van der Waals surface area contributed by atoms with Gasteiger partial charge in [-0.2, -0.15) is 0 Å². The van der Waals surface area contributed by atoms with Crippen molar-refractivity contribution in [2.75, 3.05) is 0 Å². The minimum Gasteiger partial charge on any atom is -0.332 e. The van der Waals surface area contributed by atoms with E-state index >= 15 is 0 Å². The zero-order chi connectivity index (χ0) is 13.0. The largest absolute Gasteiger partial charge is 0.332 e. The summed E-state index contributed by atoms with van der Waals surface area (Å²) in [5.74, 6) is 0.986. The third-order valence-electron chi connectivity index (χ3n) is 2.93. The van der Waals surface area contributed by atoms with Gasteiger partial charge in [0, 0.05) is 23.2 Å². The fourth-order valence-corrected chi connectivity index (χ4v) is 3.04. The Morgan fingerprint density at radius 1 is 1.39 bits per heavy atom. The number of hydrogen-bond donors (Lipinski definition) is 2. The SMILES string of the molecule is CCC1CC(=O)NC(SCc2ccc(Cl)cc2)N1. The van der Waals surface area contributed by atoms with Crippen molar-refractivity contribution in [1.82, 2.24) is 10.6 Å². The molecule has 2 atom stereocenters. The summed E-state index contributed by atoms with van der Waals surface area (Å²) < 4.78 is 0. The van der Waals surface area contributed by atoms with Gasteiger partial charge < -0.3 is 5.32 Å². The molecule has 1 aliphatic rings. The van der Waals surface area contributed by atoms with Crippen LogP contribution in [0.3, 0.4) is 0 Å². The number of rotatable bonds is 4. The van der Waals surface area contributed by atoms with Crippen molar-refractivity contribution < 1.29 is 4.79 Å². The molecule has 1 aromatic carbocycles. The predicted octanol–water partition coefficient (Wildman–Crippen LogP) is 2.74. The fourth-order valence-electron chi connectivity index (χ4n) is 1.86. The molecule has 1 fully saturated rings. The minimum absolute atomic E-state index is 0.00637. The topological polar surface area (TPSA) is 41.1 Å². The second-order valence-corrected chi connectivity index (χ2v) is 5.89. The molecular weight excluding hydrogens is 268 g/mol. The average molecular weight is 285 g/mol. The summed E-state index contributed by atoms with van der Waals surface area (Å²) in [5, 5.41) is 7.12. The number of hydrogen-bond acceptors (Lipinski definition) is 3. The maximum atomic E-state index is 11.5. The van der Waals surface area contributed by atoms with Gasteiger partial charge in [-0.25, -0.2) is 0 Å². The monoisotopic (exact) mass is 284 g/mol. The molecule has 0 aromatic heterocycles. The highest BCUT2D eigenvalue weighted by Gasteiger charge is 2.24. The van der Waals surface area contributed by atoms with Crippen LogP contribution in [0.25, 0.3) is 0 Å². The summed E-state index contributed by atoms with van der Waals surface area (Å²) in [7, 11) is 0. The lowest BCUT2D eigenvalue weighted by atomic mass is 10.1. The van der Waals surface area contributed by atoms with Crippen molar-refractivity contribution in [2.45, 2.75) is 37.1 Å². The van der Waals surface area contributed by atoms with Crippen LogP contribution in [-0.2, 0) is 10.5 Å². The molecule has 98 valence electrons. The van der Waals surface area contributed by atoms with E-state index in [0.717, 1.165) is 17.2 Å². The quantitative estimate of drug-likeness (QED) is 0.893. The van der Waals surface area contributed by atoms with Gasteiger partial charge in [0.2, 0.25) is 5.91 Å². The molecule has 0 bridgehead atoms. The predicted molar refractivity (Wildman–Crippen MR) is 76.5 cm³/mol. The zero-order valence-electron chi connectivity index (χ0n) is 10.3. The van der Waals surface area contributed by atoms with Gasteiger partial charge in [-0.3, -0.25) is 10.1 Å². The molecule has 0 radical (unpaired) electrons. The molecule has 2 rings (SSSR count). The molecule has 1 saturated heterocycles. The van der Waals surface area contributed by atoms with Gasteiger partial charge in [0.1, 0.15) is 5.50 Å². The Morgan fingerprint density at radius 3 is 2.78 bits per heavy atom. The van der Waals surface area contributed by atoms with E-state index in [4.69, 9.17) is 11.6 Å². The lowest BCUT2D eigenvalue weighted by Gasteiger charge is -2.30. The number of carbonyl (C=O) groups excluding carboxylic acids is 1. The average Bonchev–Trinajstić information content (AvgIpc) is 2.37. The second-order valence-electron chi connectivity index (χ2n) is 4.36. The van der Waals surface area contributed by atoms with Gasteiger partial charge in [-0.15, -0.1) is 11.8 Å². The van der Waals surface area contributed by atoms with E-state index in [2.05, 4.69) is 17.6 Å². The van der Waals surface area contributed by atoms with E-state index in [1.54, 1.807) is 11.8 Å². The first-order chi connectivity index (χ1) is 8.67. The van der Waals surface area contributed by atoms with Gasteiger partial charge in [0.15, 0.2) is 0 Å².